The van der Waals surface area contributed by atoms with Gasteiger partial charge in [0.25, 0.3) is 0 Å². The molecule has 0 amide bonds. The summed E-state index contributed by atoms with van der Waals surface area (Å²) in [7, 11) is 0. The Morgan fingerprint density at radius 2 is 1.39 bits per heavy atom. The number of hydrogen-bond acceptors (Lipinski definition) is 3. The highest BCUT2D eigenvalue weighted by molar-refractivity contribution is 5.94. The van der Waals surface area contributed by atoms with E-state index >= 15 is 0 Å². The van der Waals surface area contributed by atoms with Crippen molar-refractivity contribution in [2.45, 2.75) is 75.0 Å². The molecule has 3 aromatic rings. The number of aryl methyl sites for hydroxylation is 2. The highest BCUT2D eigenvalue weighted by Gasteiger charge is 2.55. The summed E-state index contributed by atoms with van der Waals surface area (Å²) in [4.78, 5) is 15.4. The van der Waals surface area contributed by atoms with Crippen LogP contribution in [0.5, 0.6) is 0 Å². The van der Waals surface area contributed by atoms with Crippen molar-refractivity contribution < 1.29 is 9.53 Å². The molecule has 4 heteroatoms. The van der Waals surface area contributed by atoms with E-state index in [0.29, 0.717) is 18.0 Å². The molecule has 0 aromatic heterocycles. The number of benzene rings is 3. The van der Waals surface area contributed by atoms with Crippen molar-refractivity contribution in [1.29, 1.82) is 0 Å². The first kappa shape index (κ1) is 23.8. The van der Waals surface area contributed by atoms with Gasteiger partial charge in [-0.1, -0.05) is 66.7 Å². The molecule has 186 valence electrons. The molecule has 2 unspecified atom stereocenters. The molecular formula is C32H34ClNO2. The lowest BCUT2D eigenvalue weighted by Gasteiger charge is -2.44. The van der Waals surface area contributed by atoms with E-state index in [4.69, 9.17) is 4.74 Å². The maximum absolute atomic E-state index is 12.6. The molecule has 3 heterocycles. The SMILES string of the molecule is Cl.O=C1OC2(CC3CCC(C2)N3CCCC2c3ccccc3CCc3ccccc32)c2ccccc21. The predicted octanol–water partition coefficient (Wildman–Crippen LogP) is 6.81. The zero-order chi connectivity index (χ0) is 23.4. The second-order valence-electron chi connectivity index (χ2n) is 11.1. The average molecular weight is 500 g/mol. The molecule has 1 spiro atoms. The second kappa shape index (κ2) is 9.36. The van der Waals surface area contributed by atoms with Gasteiger partial charge in [-0.25, -0.2) is 4.79 Å². The van der Waals surface area contributed by atoms with Gasteiger partial charge in [-0.2, -0.15) is 0 Å². The number of nitrogens with zero attached hydrogens (tertiary/aromatic N) is 1. The fraction of sp³-hybridized carbons (Fsp3) is 0.406. The number of piperidine rings is 1. The van der Waals surface area contributed by atoms with Crippen LogP contribution in [0.15, 0.2) is 72.8 Å². The highest BCUT2D eigenvalue weighted by Crippen LogP contribution is 2.52. The standard InChI is InChI=1S/C32H33NO2.ClH/c34-31-29-12-5-6-14-30(29)32(35-31)20-24-17-18-25(21-32)33(24)19-7-13-28-26-10-3-1-8-22(26)15-16-23-9-2-4-11-27(23)28;/h1-6,8-12,14,24-25,28H,7,13,15-21H2;1H. The van der Waals surface area contributed by atoms with E-state index in [1.54, 1.807) is 0 Å². The summed E-state index contributed by atoms with van der Waals surface area (Å²) in [5.41, 5.74) is 7.64. The van der Waals surface area contributed by atoms with Gasteiger partial charge in [0.1, 0.15) is 5.60 Å². The number of rotatable bonds is 4. The van der Waals surface area contributed by atoms with E-state index in [9.17, 15) is 4.79 Å². The minimum Gasteiger partial charge on any atom is -0.450 e. The highest BCUT2D eigenvalue weighted by atomic mass is 35.5. The predicted molar refractivity (Wildman–Crippen MR) is 145 cm³/mol. The largest absolute Gasteiger partial charge is 0.450 e. The molecule has 7 rings (SSSR count). The van der Waals surface area contributed by atoms with Crippen LogP contribution in [0.2, 0.25) is 0 Å². The van der Waals surface area contributed by atoms with Gasteiger partial charge in [0.05, 0.1) is 5.56 Å². The Hall–Kier alpha value is -2.62. The second-order valence-corrected chi connectivity index (χ2v) is 11.1. The van der Waals surface area contributed by atoms with Crippen LogP contribution in [0.1, 0.15) is 82.6 Å². The fourth-order valence-electron chi connectivity index (χ4n) is 7.74. The summed E-state index contributed by atoms with van der Waals surface area (Å²) < 4.78 is 6.12. The number of carbonyl (C=O) groups excluding carboxylic acids is 1. The zero-order valence-corrected chi connectivity index (χ0v) is 21.5. The van der Waals surface area contributed by atoms with Crippen LogP contribution in [0.4, 0.5) is 0 Å². The lowest BCUT2D eigenvalue weighted by atomic mass is 9.79. The number of hydrogen-bond donors (Lipinski definition) is 0. The average Bonchev–Trinajstić information content (AvgIpc) is 3.22. The lowest BCUT2D eigenvalue weighted by Crippen LogP contribution is -2.50. The van der Waals surface area contributed by atoms with Gasteiger partial charge in [-0.05, 0) is 73.4 Å². The molecule has 3 aliphatic heterocycles. The smallest absolute Gasteiger partial charge is 0.339 e. The normalized spacial score (nSPS) is 26.5. The van der Waals surface area contributed by atoms with E-state index in [1.165, 1.54) is 47.9 Å². The van der Waals surface area contributed by atoms with Crippen molar-refractivity contribution in [3.8, 4) is 0 Å². The monoisotopic (exact) mass is 499 g/mol. The number of carbonyl (C=O) groups is 1. The zero-order valence-electron chi connectivity index (χ0n) is 20.7. The molecule has 3 nitrogen and oxygen atoms in total. The molecule has 3 aromatic carbocycles. The first-order chi connectivity index (χ1) is 17.2. The van der Waals surface area contributed by atoms with Gasteiger partial charge in [0, 0.05) is 36.4 Å². The van der Waals surface area contributed by atoms with Crippen molar-refractivity contribution in [2.75, 3.05) is 6.54 Å². The molecule has 1 aliphatic carbocycles. The van der Waals surface area contributed by atoms with Crippen LogP contribution in [0, 0.1) is 0 Å². The summed E-state index contributed by atoms with van der Waals surface area (Å²) in [6, 6.07) is 27.3. The molecule has 4 aliphatic rings. The van der Waals surface area contributed by atoms with E-state index < -0.39 is 5.60 Å². The minimum atomic E-state index is -0.394. The number of esters is 1. The van der Waals surface area contributed by atoms with E-state index in [2.05, 4.69) is 65.6 Å². The van der Waals surface area contributed by atoms with Crippen molar-refractivity contribution in [2.24, 2.45) is 0 Å². The third-order valence-electron chi connectivity index (χ3n) is 9.26. The van der Waals surface area contributed by atoms with Crippen molar-refractivity contribution in [3.05, 3.63) is 106 Å². The molecular weight excluding hydrogens is 466 g/mol. The van der Waals surface area contributed by atoms with Crippen molar-refractivity contribution >= 4 is 18.4 Å². The van der Waals surface area contributed by atoms with Gasteiger partial charge in [0.15, 0.2) is 0 Å². The van der Waals surface area contributed by atoms with Crippen LogP contribution >= 0.6 is 12.4 Å². The lowest BCUT2D eigenvalue weighted by molar-refractivity contribution is -0.0652. The first-order valence-electron chi connectivity index (χ1n) is 13.5. The minimum absolute atomic E-state index is 0. The topological polar surface area (TPSA) is 29.5 Å². The third kappa shape index (κ3) is 3.79. The molecule has 0 radical (unpaired) electrons. The molecule has 36 heavy (non-hydrogen) atoms. The third-order valence-corrected chi connectivity index (χ3v) is 9.26. The van der Waals surface area contributed by atoms with Gasteiger partial charge in [0.2, 0.25) is 0 Å². The summed E-state index contributed by atoms with van der Waals surface area (Å²) in [6.07, 6.45) is 9.01. The number of ether oxygens (including phenoxy) is 1. The molecule has 2 atom stereocenters. The Morgan fingerprint density at radius 3 is 2.06 bits per heavy atom. The summed E-state index contributed by atoms with van der Waals surface area (Å²) in [5, 5.41) is 0. The Balaban J connectivity index is 0.00000240. The van der Waals surface area contributed by atoms with Crippen LogP contribution in [0.25, 0.3) is 0 Å². The number of halogens is 1. The fourth-order valence-corrected chi connectivity index (χ4v) is 7.74. The molecule has 0 saturated carbocycles. The maximum Gasteiger partial charge on any atom is 0.339 e. The van der Waals surface area contributed by atoms with Crippen LogP contribution in [0.3, 0.4) is 0 Å². The molecule has 0 N–H and O–H groups in total. The first-order valence-corrected chi connectivity index (χ1v) is 13.5. The molecule has 2 fully saturated rings. The van der Waals surface area contributed by atoms with E-state index in [-0.39, 0.29) is 18.4 Å². The number of fused-ring (bicyclic) bond motifs is 6. The van der Waals surface area contributed by atoms with Crippen LogP contribution < -0.4 is 0 Å². The van der Waals surface area contributed by atoms with E-state index in [1.807, 2.05) is 12.1 Å². The Bertz CT molecular complexity index is 1220. The van der Waals surface area contributed by atoms with E-state index in [0.717, 1.165) is 43.4 Å². The van der Waals surface area contributed by atoms with Gasteiger partial charge < -0.3 is 4.74 Å². The summed E-state index contributed by atoms with van der Waals surface area (Å²) >= 11 is 0. The van der Waals surface area contributed by atoms with Gasteiger partial charge >= 0.3 is 5.97 Å². The Kier molecular flexibility index (Phi) is 6.17. The maximum atomic E-state index is 12.6. The molecule has 2 saturated heterocycles. The van der Waals surface area contributed by atoms with Gasteiger partial charge in [-0.3, -0.25) is 4.90 Å². The summed E-state index contributed by atoms with van der Waals surface area (Å²) in [5.74, 6) is 0.362. The Morgan fingerprint density at radius 1 is 0.806 bits per heavy atom. The van der Waals surface area contributed by atoms with Crippen LogP contribution in [-0.2, 0) is 23.2 Å². The molecule has 2 bridgehead atoms. The van der Waals surface area contributed by atoms with Crippen molar-refractivity contribution in [3.63, 3.8) is 0 Å². The van der Waals surface area contributed by atoms with Gasteiger partial charge in [-0.15, -0.1) is 12.4 Å². The summed E-state index contributed by atoms with van der Waals surface area (Å²) in [6.45, 7) is 1.14. The quantitative estimate of drug-likeness (QED) is 0.369. The van der Waals surface area contributed by atoms with Crippen LogP contribution in [-0.4, -0.2) is 29.5 Å². The Labute approximate surface area is 220 Å². The van der Waals surface area contributed by atoms with Crippen molar-refractivity contribution in [1.82, 2.24) is 4.90 Å².